The molecule has 0 aromatic heterocycles. The number of benzene rings is 1. The molecule has 0 heterocycles. The SMILES string of the molecule is CCC(Sc1cc(N)c(F)cc1Cl)C(=O)OCC(C)C. The van der Waals surface area contributed by atoms with Crippen LogP contribution in [-0.2, 0) is 9.53 Å². The van der Waals surface area contributed by atoms with E-state index < -0.39 is 5.82 Å². The Labute approximate surface area is 128 Å². The van der Waals surface area contributed by atoms with Gasteiger partial charge in [0.15, 0.2) is 0 Å². The number of nitrogen functional groups attached to an aromatic ring is 1. The van der Waals surface area contributed by atoms with Gasteiger partial charge < -0.3 is 10.5 Å². The number of ether oxygens (including phenoxy) is 1. The van der Waals surface area contributed by atoms with Crippen molar-refractivity contribution in [2.75, 3.05) is 12.3 Å². The van der Waals surface area contributed by atoms with Crippen LogP contribution in [-0.4, -0.2) is 17.8 Å². The number of anilines is 1. The quantitative estimate of drug-likeness (QED) is 0.486. The molecule has 0 saturated carbocycles. The molecule has 0 fully saturated rings. The molecular weight excluding hydrogens is 301 g/mol. The first-order valence-electron chi connectivity index (χ1n) is 6.43. The van der Waals surface area contributed by atoms with E-state index in [4.69, 9.17) is 22.1 Å². The second kappa shape index (κ2) is 7.74. The topological polar surface area (TPSA) is 52.3 Å². The highest BCUT2D eigenvalue weighted by atomic mass is 35.5. The van der Waals surface area contributed by atoms with Crippen molar-refractivity contribution in [2.24, 2.45) is 5.92 Å². The molecule has 0 spiro atoms. The molecule has 0 aliphatic rings. The Morgan fingerprint density at radius 1 is 1.50 bits per heavy atom. The van der Waals surface area contributed by atoms with Gasteiger partial charge in [-0.25, -0.2) is 4.39 Å². The average Bonchev–Trinajstić information content (AvgIpc) is 2.38. The van der Waals surface area contributed by atoms with Crippen molar-refractivity contribution < 1.29 is 13.9 Å². The van der Waals surface area contributed by atoms with Crippen LogP contribution >= 0.6 is 23.4 Å². The lowest BCUT2D eigenvalue weighted by molar-refractivity contribution is -0.144. The van der Waals surface area contributed by atoms with Crippen LogP contribution in [0.4, 0.5) is 10.1 Å². The van der Waals surface area contributed by atoms with Gasteiger partial charge >= 0.3 is 5.97 Å². The molecule has 0 aliphatic carbocycles. The summed E-state index contributed by atoms with van der Waals surface area (Å²) in [5.74, 6) is -0.563. The number of halogens is 2. The van der Waals surface area contributed by atoms with Crippen LogP contribution in [0, 0.1) is 11.7 Å². The van der Waals surface area contributed by atoms with E-state index in [1.807, 2.05) is 20.8 Å². The number of esters is 1. The fourth-order valence-corrected chi connectivity index (χ4v) is 2.72. The van der Waals surface area contributed by atoms with Crippen LogP contribution in [0.5, 0.6) is 0 Å². The first-order valence-corrected chi connectivity index (χ1v) is 7.68. The molecule has 1 unspecified atom stereocenters. The van der Waals surface area contributed by atoms with Crippen molar-refractivity contribution in [3.05, 3.63) is 23.0 Å². The predicted molar refractivity (Wildman–Crippen MR) is 81.6 cm³/mol. The second-order valence-corrected chi connectivity index (χ2v) is 6.49. The first-order chi connectivity index (χ1) is 9.35. The van der Waals surface area contributed by atoms with E-state index in [2.05, 4.69) is 0 Å². The van der Waals surface area contributed by atoms with Crippen LogP contribution in [0.2, 0.25) is 5.02 Å². The van der Waals surface area contributed by atoms with Gasteiger partial charge in [0.25, 0.3) is 0 Å². The third kappa shape index (κ3) is 4.87. The maximum Gasteiger partial charge on any atom is 0.319 e. The Balaban J connectivity index is 2.78. The lowest BCUT2D eigenvalue weighted by Gasteiger charge is -2.16. The lowest BCUT2D eigenvalue weighted by atomic mass is 10.2. The van der Waals surface area contributed by atoms with Gasteiger partial charge in [0.1, 0.15) is 11.1 Å². The summed E-state index contributed by atoms with van der Waals surface area (Å²) in [7, 11) is 0. The van der Waals surface area contributed by atoms with E-state index in [0.717, 1.165) is 6.07 Å². The van der Waals surface area contributed by atoms with Gasteiger partial charge in [-0.2, -0.15) is 0 Å². The Morgan fingerprint density at radius 3 is 2.70 bits per heavy atom. The number of hydrogen-bond acceptors (Lipinski definition) is 4. The van der Waals surface area contributed by atoms with Crippen LogP contribution in [0.1, 0.15) is 27.2 Å². The largest absolute Gasteiger partial charge is 0.465 e. The summed E-state index contributed by atoms with van der Waals surface area (Å²) in [6, 6.07) is 2.60. The van der Waals surface area contributed by atoms with E-state index in [0.29, 0.717) is 17.9 Å². The normalized spacial score (nSPS) is 12.5. The molecule has 112 valence electrons. The lowest BCUT2D eigenvalue weighted by Crippen LogP contribution is -2.21. The highest BCUT2D eigenvalue weighted by molar-refractivity contribution is 8.00. The van der Waals surface area contributed by atoms with Gasteiger partial charge in [0, 0.05) is 4.90 Å². The zero-order valence-electron chi connectivity index (χ0n) is 11.8. The minimum absolute atomic E-state index is 0.0160. The van der Waals surface area contributed by atoms with Crippen LogP contribution in [0.3, 0.4) is 0 Å². The van der Waals surface area contributed by atoms with Gasteiger partial charge in [0.05, 0.1) is 17.3 Å². The molecule has 0 saturated heterocycles. The monoisotopic (exact) mass is 319 g/mol. The maximum absolute atomic E-state index is 13.2. The Bertz CT molecular complexity index is 482. The van der Waals surface area contributed by atoms with Crippen LogP contribution < -0.4 is 5.73 Å². The molecule has 20 heavy (non-hydrogen) atoms. The Hall–Kier alpha value is -0.940. The zero-order chi connectivity index (χ0) is 15.3. The molecular formula is C14H19ClFNO2S. The third-order valence-electron chi connectivity index (χ3n) is 2.51. The summed E-state index contributed by atoms with van der Waals surface area (Å²) in [5.41, 5.74) is 5.53. The number of carbonyl (C=O) groups excluding carboxylic acids is 1. The molecule has 0 radical (unpaired) electrons. The summed E-state index contributed by atoms with van der Waals surface area (Å²) in [6.45, 7) is 6.21. The molecule has 1 rings (SSSR count). The standard InChI is InChI=1S/C14H19ClFNO2S/c1-4-12(14(18)19-7-8(2)3)20-13-6-11(17)10(16)5-9(13)15/h5-6,8,12H,4,7,17H2,1-3H3. The molecule has 1 aromatic rings. The molecule has 1 atom stereocenters. The minimum Gasteiger partial charge on any atom is -0.465 e. The third-order valence-corrected chi connectivity index (χ3v) is 4.34. The van der Waals surface area contributed by atoms with E-state index in [-0.39, 0.29) is 27.8 Å². The first kappa shape index (κ1) is 17.1. The molecule has 3 nitrogen and oxygen atoms in total. The van der Waals surface area contributed by atoms with E-state index in [9.17, 15) is 9.18 Å². The summed E-state index contributed by atoms with van der Waals surface area (Å²) in [4.78, 5) is 12.5. The van der Waals surface area contributed by atoms with Crippen LogP contribution in [0.15, 0.2) is 17.0 Å². The van der Waals surface area contributed by atoms with Gasteiger partial charge in [-0.05, 0) is 24.5 Å². The minimum atomic E-state index is -0.560. The fourth-order valence-electron chi connectivity index (χ4n) is 1.43. The van der Waals surface area contributed by atoms with Crippen molar-refractivity contribution in [3.63, 3.8) is 0 Å². The van der Waals surface area contributed by atoms with Crippen molar-refractivity contribution in [1.82, 2.24) is 0 Å². The molecule has 0 amide bonds. The number of thioether (sulfide) groups is 1. The van der Waals surface area contributed by atoms with E-state index in [1.165, 1.54) is 17.8 Å². The molecule has 0 bridgehead atoms. The highest BCUT2D eigenvalue weighted by Gasteiger charge is 2.21. The molecule has 1 aromatic carbocycles. The molecule has 0 aliphatic heterocycles. The summed E-state index contributed by atoms with van der Waals surface area (Å²) in [5, 5.41) is -0.132. The second-order valence-electron chi connectivity index (χ2n) is 4.84. The highest BCUT2D eigenvalue weighted by Crippen LogP contribution is 2.34. The number of rotatable bonds is 6. The molecule has 2 N–H and O–H groups in total. The van der Waals surface area contributed by atoms with Crippen molar-refractivity contribution in [1.29, 1.82) is 0 Å². The maximum atomic E-state index is 13.2. The predicted octanol–water partition coefficient (Wildman–Crippen LogP) is 4.13. The van der Waals surface area contributed by atoms with Crippen molar-refractivity contribution in [2.45, 2.75) is 37.3 Å². The van der Waals surface area contributed by atoms with Crippen molar-refractivity contribution >= 4 is 35.0 Å². The van der Waals surface area contributed by atoms with E-state index >= 15 is 0 Å². The average molecular weight is 320 g/mol. The summed E-state index contributed by atoms with van der Waals surface area (Å²) >= 11 is 7.21. The number of carbonyl (C=O) groups is 1. The smallest absolute Gasteiger partial charge is 0.319 e. The van der Waals surface area contributed by atoms with Crippen LogP contribution in [0.25, 0.3) is 0 Å². The van der Waals surface area contributed by atoms with E-state index in [1.54, 1.807) is 0 Å². The fraction of sp³-hybridized carbons (Fsp3) is 0.500. The van der Waals surface area contributed by atoms with Gasteiger partial charge in [-0.3, -0.25) is 4.79 Å². The number of hydrogen-bond donors (Lipinski definition) is 1. The number of nitrogens with two attached hydrogens (primary N) is 1. The van der Waals surface area contributed by atoms with Gasteiger partial charge in [-0.1, -0.05) is 32.4 Å². The summed E-state index contributed by atoms with van der Waals surface area (Å²) < 4.78 is 18.5. The molecule has 6 heteroatoms. The van der Waals surface area contributed by atoms with Gasteiger partial charge in [-0.15, -0.1) is 11.8 Å². The Kier molecular flexibility index (Phi) is 6.62. The Morgan fingerprint density at radius 2 is 2.15 bits per heavy atom. The van der Waals surface area contributed by atoms with Crippen molar-refractivity contribution in [3.8, 4) is 0 Å². The zero-order valence-corrected chi connectivity index (χ0v) is 13.4. The van der Waals surface area contributed by atoms with Gasteiger partial charge in [0.2, 0.25) is 0 Å². The summed E-state index contributed by atoms with van der Waals surface area (Å²) in [6.07, 6.45) is 0.592.